The molecule has 1 N–H and O–H groups in total. The van der Waals surface area contributed by atoms with Crippen LogP contribution in [-0.2, 0) is 4.79 Å². The van der Waals surface area contributed by atoms with Crippen molar-refractivity contribution in [2.75, 3.05) is 0 Å². The van der Waals surface area contributed by atoms with Gasteiger partial charge >= 0.3 is 5.97 Å². The molecule has 0 saturated carbocycles. The Morgan fingerprint density at radius 1 is 0.682 bits per heavy atom. The minimum absolute atomic E-state index is 0.353. The summed E-state index contributed by atoms with van der Waals surface area (Å²) in [4.78, 5) is 10.7. The smallest absolute Gasteiger partial charge is 0.303 e. The Balaban J connectivity index is 3.47. The highest BCUT2D eigenvalue weighted by Crippen LogP contribution is 2.22. The highest BCUT2D eigenvalue weighted by Gasteiger charge is 2.10. The summed E-state index contributed by atoms with van der Waals surface area (Å²) in [6.07, 6.45) is 20.0. The zero-order chi connectivity index (χ0) is 16.5. The van der Waals surface area contributed by atoms with Gasteiger partial charge in [0.25, 0.3) is 0 Å². The second-order valence-corrected chi connectivity index (χ2v) is 6.91. The van der Waals surface area contributed by atoms with Crippen LogP contribution >= 0.6 is 0 Å². The Labute approximate surface area is 139 Å². The lowest BCUT2D eigenvalue weighted by Gasteiger charge is -2.15. The molecule has 0 rings (SSSR count). The van der Waals surface area contributed by atoms with Crippen LogP contribution in [0.15, 0.2) is 0 Å². The van der Waals surface area contributed by atoms with Crippen LogP contribution in [0.5, 0.6) is 0 Å². The molecule has 0 aliphatic heterocycles. The molecule has 22 heavy (non-hydrogen) atoms. The lowest BCUT2D eigenvalue weighted by Crippen LogP contribution is -2.05. The van der Waals surface area contributed by atoms with E-state index in [2.05, 4.69) is 13.8 Å². The van der Waals surface area contributed by atoms with Crippen molar-refractivity contribution in [3.8, 4) is 0 Å². The average molecular weight is 313 g/mol. The van der Waals surface area contributed by atoms with Gasteiger partial charge in [-0.15, -0.1) is 0 Å². The van der Waals surface area contributed by atoms with Crippen molar-refractivity contribution < 1.29 is 9.90 Å². The van der Waals surface area contributed by atoms with Crippen LogP contribution in [0.3, 0.4) is 0 Å². The van der Waals surface area contributed by atoms with Crippen LogP contribution < -0.4 is 0 Å². The maximum Gasteiger partial charge on any atom is 0.303 e. The molecule has 0 radical (unpaired) electrons. The van der Waals surface area contributed by atoms with Gasteiger partial charge in [0, 0.05) is 6.42 Å². The number of carboxylic acid groups (broad SMARTS) is 1. The number of hydrogen-bond donors (Lipinski definition) is 1. The van der Waals surface area contributed by atoms with E-state index in [1.165, 1.54) is 89.9 Å². The van der Waals surface area contributed by atoms with Gasteiger partial charge in [-0.25, -0.2) is 0 Å². The molecule has 0 heterocycles. The highest BCUT2D eigenvalue weighted by molar-refractivity contribution is 5.66. The lowest BCUT2D eigenvalue weighted by atomic mass is 9.91. The van der Waals surface area contributed by atoms with Crippen LogP contribution in [0.2, 0.25) is 0 Å². The van der Waals surface area contributed by atoms with Crippen molar-refractivity contribution in [3.05, 3.63) is 0 Å². The van der Waals surface area contributed by atoms with Crippen molar-refractivity contribution >= 4 is 5.97 Å². The molecule has 0 fully saturated rings. The standard InChI is InChI=1S/C20H40O2/c1-3-5-7-8-9-10-11-12-13-14-16-19(15-6-4-2)17-18-20(21)22/h19H,3-18H2,1-2H3,(H,21,22). The number of carboxylic acids is 1. The summed E-state index contributed by atoms with van der Waals surface area (Å²) in [7, 11) is 0. The summed E-state index contributed by atoms with van der Waals surface area (Å²) in [5, 5.41) is 8.83. The molecule has 0 bridgehead atoms. The summed E-state index contributed by atoms with van der Waals surface area (Å²) in [5.74, 6) is 0.00895. The van der Waals surface area contributed by atoms with E-state index in [4.69, 9.17) is 5.11 Å². The van der Waals surface area contributed by atoms with Crippen LogP contribution in [-0.4, -0.2) is 11.1 Å². The minimum Gasteiger partial charge on any atom is -0.481 e. The third-order valence-corrected chi connectivity index (χ3v) is 4.70. The van der Waals surface area contributed by atoms with Crippen LogP contribution in [0.4, 0.5) is 0 Å². The molecule has 1 unspecified atom stereocenters. The number of carbonyl (C=O) groups is 1. The van der Waals surface area contributed by atoms with E-state index < -0.39 is 5.97 Å². The summed E-state index contributed by atoms with van der Waals surface area (Å²) in [5.41, 5.74) is 0. The fourth-order valence-corrected chi connectivity index (χ4v) is 3.17. The van der Waals surface area contributed by atoms with E-state index in [-0.39, 0.29) is 0 Å². The van der Waals surface area contributed by atoms with Gasteiger partial charge in [-0.3, -0.25) is 4.79 Å². The van der Waals surface area contributed by atoms with Crippen molar-refractivity contribution in [1.82, 2.24) is 0 Å². The van der Waals surface area contributed by atoms with Gasteiger partial charge in [0.15, 0.2) is 0 Å². The molecule has 0 amide bonds. The molecule has 0 saturated heterocycles. The van der Waals surface area contributed by atoms with E-state index in [1.807, 2.05) is 0 Å². The highest BCUT2D eigenvalue weighted by atomic mass is 16.4. The molecule has 1 atom stereocenters. The fourth-order valence-electron chi connectivity index (χ4n) is 3.17. The first-order valence-corrected chi connectivity index (χ1v) is 9.92. The van der Waals surface area contributed by atoms with Gasteiger partial charge in [-0.1, -0.05) is 104 Å². The number of aliphatic carboxylic acids is 1. The fraction of sp³-hybridized carbons (Fsp3) is 0.950. The third-order valence-electron chi connectivity index (χ3n) is 4.70. The summed E-state index contributed by atoms with van der Waals surface area (Å²) < 4.78 is 0. The molecule has 0 aromatic rings. The zero-order valence-electron chi connectivity index (χ0n) is 15.2. The zero-order valence-corrected chi connectivity index (χ0v) is 15.2. The Kier molecular flexibility index (Phi) is 16.4. The van der Waals surface area contributed by atoms with Gasteiger partial charge in [0.1, 0.15) is 0 Å². The van der Waals surface area contributed by atoms with Crippen molar-refractivity contribution in [3.63, 3.8) is 0 Å². The predicted molar refractivity (Wildman–Crippen MR) is 96.3 cm³/mol. The van der Waals surface area contributed by atoms with Crippen molar-refractivity contribution in [1.29, 1.82) is 0 Å². The topological polar surface area (TPSA) is 37.3 Å². The molecular formula is C20H40O2. The van der Waals surface area contributed by atoms with Gasteiger partial charge in [-0.2, -0.15) is 0 Å². The second kappa shape index (κ2) is 16.8. The van der Waals surface area contributed by atoms with Gasteiger partial charge in [0.05, 0.1) is 0 Å². The SMILES string of the molecule is CCCCCCCCCCCCC(CCCC)CCC(=O)O. The van der Waals surface area contributed by atoms with E-state index >= 15 is 0 Å². The lowest BCUT2D eigenvalue weighted by molar-refractivity contribution is -0.137. The van der Waals surface area contributed by atoms with Gasteiger partial charge in [-0.05, 0) is 12.3 Å². The molecule has 2 nitrogen and oxygen atoms in total. The predicted octanol–water partition coefficient (Wildman–Crippen LogP) is 6.97. The van der Waals surface area contributed by atoms with Crippen LogP contribution in [0.25, 0.3) is 0 Å². The minimum atomic E-state index is -0.635. The molecule has 0 aromatic carbocycles. The first-order chi connectivity index (χ1) is 10.7. The number of rotatable bonds is 17. The first-order valence-electron chi connectivity index (χ1n) is 9.92. The van der Waals surface area contributed by atoms with Crippen LogP contribution in [0.1, 0.15) is 117 Å². The van der Waals surface area contributed by atoms with E-state index in [0.29, 0.717) is 12.3 Å². The third kappa shape index (κ3) is 15.9. The van der Waals surface area contributed by atoms with E-state index in [0.717, 1.165) is 6.42 Å². The first kappa shape index (κ1) is 21.5. The normalized spacial score (nSPS) is 12.5. The van der Waals surface area contributed by atoms with Gasteiger partial charge < -0.3 is 5.11 Å². The van der Waals surface area contributed by atoms with Crippen LogP contribution in [0, 0.1) is 5.92 Å². The van der Waals surface area contributed by atoms with Gasteiger partial charge in [0.2, 0.25) is 0 Å². The Bertz CT molecular complexity index is 238. The molecule has 2 heteroatoms. The second-order valence-electron chi connectivity index (χ2n) is 6.91. The Morgan fingerprint density at radius 2 is 1.14 bits per heavy atom. The summed E-state index contributed by atoms with van der Waals surface area (Å²) >= 11 is 0. The monoisotopic (exact) mass is 312 g/mol. The maximum atomic E-state index is 10.7. The van der Waals surface area contributed by atoms with E-state index in [1.54, 1.807) is 0 Å². The number of hydrogen-bond acceptors (Lipinski definition) is 1. The van der Waals surface area contributed by atoms with Crippen molar-refractivity contribution in [2.45, 2.75) is 117 Å². The summed E-state index contributed by atoms with van der Waals surface area (Å²) in [6, 6.07) is 0. The van der Waals surface area contributed by atoms with E-state index in [9.17, 15) is 4.79 Å². The molecule has 0 aliphatic rings. The Morgan fingerprint density at radius 3 is 1.64 bits per heavy atom. The largest absolute Gasteiger partial charge is 0.481 e. The molecule has 0 aromatic heterocycles. The summed E-state index contributed by atoms with van der Waals surface area (Å²) in [6.45, 7) is 4.49. The quantitative estimate of drug-likeness (QED) is 0.294. The molecule has 132 valence electrons. The maximum absolute atomic E-state index is 10.7. The molecule has 0 aliphatic carbocycles. The molecular weight excluding hydrogens is 272 g/mol. The molecule has 0 spiro atoms. The average Bonchev–Trinajstić information content (AvgIpc) is 2.50. The number of unbranched alkanes of at least 4 members (excludes halogenated alkanes) is 10. The van der Waals surface area contributed by atoms with Crippen molar-refractivity contribution in [2.24, 2.45) is 5.92 Å². The Hall–Kier alpha value is -0.530.